The summed E-state index contributed by atoms with van der Waals surface area (Å²) in [6, 6.07) is 11.6. The SMILES string of the molecule is Cc1c(N2CC(c3nc4ccccc4n3C)CC2=O)cccc1C(F)(F)F. The molecule has 1 aliphatic rings. The van der Waals surface area contributed by atoms with E-state index in [1.807, 2.05) is 35.9 Å². The van der Waals surface area contributed by atoms with Gasteiger partial charge in [-0.05, 0) is 36.8 Å². The summed E-state index contributed by atoms with van der Waals surface area (Å²) >= 11 is 0. The number of aryl methyl sites for hydroxylation is 1. The lowest BCUT2D eigenvalue weighted by Gasteiger charge is -2.21. The molecule has 1 saturated heterocycles. The third-order valence-electron chi connectivity index (χ3n) is 5.21. The summed E-state index contributed by atoms with van der Waals surface area (Å²) in [6.07, 6.45) is -4.22. The minimum atomic E-state index is -4.44. The summed E-state index contributed by atoms with van der Waals surface area (Å²) in [7, 11) is 1.90. The first-order valence-electron chi connectivity index (χ1n) is 8.66. The molecule has 1 aliphatic heterocycles. The Morgan fingerprint density at radius 2 is 1.85 bits per heavy atom. The minimum absolute atomic E-state index is 0.0731. The van der Waals surface area contributed by atoms with Crippen LogP contribution in [0.3, 0.4) is 0 Å². The number of para-hydroxylation sites is 2. The van der Waals surface area contributed by atoms with Crippen molar-refractivity contribution < 1.29 is 18.0 Å². The molecule has 27 heavy (non-hydrogen) atoms. The van der Waals surface area contributed by atoms with Crippen LogP contribution in [0.1, 0.15) is 29.3 Å². The molecule has 0 spiro atoms. The van der Waals surface area contributed by atoms with Gasteiger partial charge >= 0.3 is 6.18 Å². The van der Waals surface area contributed by atoms with Crippen molar-refractivity contribution in [2.24, 2.45) is 7.05 Å². The Balaban J connectivity index is 1.70. The Morgan fingerprint density at radius 3 is 2.56 bits per heavy atom. The fraction of sp³-hybridized carbons (Fsp3) is 0.300. The average molecular weight is 373 g/mol. The Labute approximate surface area is 154 Å². The second kappa shape index (κ2) is 6.11. The Morgan fingerprint density at radius 1 is 1.11 bits per heavy atom. The van der Waals surface area contributed by atoms with Gasteiger partial charge in [-0.15, -0.1) is 0 Å². The summed E-state index contributed by atoms with van der Waals surface area (Å²) in [5.41, 5.74) is 1.49. The smallest absolute Gasteiger partial charge is 0.331 e. The molecule has 0 radical (unpaired) electrons. The van der Waals surface area contributed by atoms with Gasteiger partial charge in [0.05, 0.1) is 16.6 Å². The first kappa shape index (κ1) is 17.6. The Hall–Kier alpha value is -2.83. The first-order valence-corrected chi connectivity index (χ1v) is 8.66. The van der Waals surface area contributed by atoms with Crippen LogP contribution in [0.5, 0.6) is 0 Å². The van der Waals surface area contributed by atoms with Gasteiger partial charge in [0.15, 0.2) is 0 Å². The highest BCUT2D eigenvalue weighted by Crippen LogP contribution is 2.39. The van der Waals surface area contributed by atoms with Crippen LogP contribution >= 0.6 is 0 Å². The number of aromatic nitrogens is 2. The van der Waals surface area contributed by atoms with E-state index in [2.05, 4.69) is 4.98 Å². The molecule has 4 rings (SSSR count). The summed E-state index contributed by atoms with van der Waals surface area (Å²) in [6.45, 7) is 1.73. The van der Waals surface area contributed by atoms with E-state index >= 15 is 0 Å². The second-order valence-corrected chi connectivity index (χ2v) is 6.87. The summed E-state index contributed by atoms with van der Waals surface area (Å²) < 4.78 is 41.6. The predicted octanol–water partition coefficient (Wildman–Crippen LogP) is 4.42. The molecular weight excluding hydrogens is 355 g/mol. The highest BCUT2D eigenvalue weighted by Gasteiger charge is 2.38. The molecule has 1 atom stereocenters. The third kappa shape index (κ3) is 2.87. The van der Waals surface area contributed by atoms with Gasteiger partial charge in [-0.3, -0.25) is 4.79 Å². The summed E-state index contributed by atoms with van der Waals surface area (Å²) in [5.74, 6) is 0.426. The third-order valence-corrected chi connectivity index (χ3v) is 5.21. The van der Waals surface area contributed by atoms with Crippen molar-refractivity contribution in [3.05, 3.63) is 59.4 Å². The zero-order valence-electron chi connectivity index (χ0n) is 14.9. The van der Waals surface area contributed by atoms with Crippen molar-refractivity contribution in [1.29, 1.82) is 0 Å². The molecule has 1 fully saturated rings. The lowest BCUT2D eigenvalue weighted by molar-refractivity contribution is -0.138. The van der Waals surface area contributed by atoms with Gasteiger partial charge in [-0.25, -0.2) is 4.98 Å². The number of imidazole rings is 1. The van der Waals surface area contributed by atoms with Crippen LogP contribution in [-0.2, 0) is 18.0 Å². The van der Waals surface area contributed by atoms with Crippen LogP contribution in [0.2, 0.25) is 0 Å². The Bertz CT molecular complexity index is 1040. The minimum Gasteiger partial charge on any atom is -0.331 e. The van der Waals surface area contributed by atoms with Crippen molar-refractivity contribution in [3.63, 3.8) is 0 Å². The van der Waals surface area contributed by atoms with Crippen molar-refractivity contribution in [2.75, 3.05) is 11.4 Å². The number of nitrogens with zero attached hydrogens (tertiary/aromatic N) is 3. The fourth-order valence-electron chi connectivity index (χ4n) is 3.87. The number of fused-ring (bicyclic) bond motifs is 1. The number of carbonyl (C=O) groups excluding carboxylic acids is 1. The number of hydrogen-bond donors (Lipinski definition) is 0. The maximum atomic E-state index is 13.2. The van der Waals surface area contributed by atoms with E-state index in [4.69, 9.17) is 0 Å². The fourth-order valence-corrected chi connectivity index (χ4v) is 3.87. The first-order chi connectivity index (χ1) is 12.8. The van der Waals surface area contributed by atoms with Crippen LogP contribution in [0, 0.1) is 6.92 Å². The molecule has 1 unspecified atom stereocenters. The molecule has 7 heteroatoms. The van der Waals surface area contributed by atoms with E-state index in [-0.39, 0.29) is 23.8 Å². The van der Waals surface area contributed by atoms with Gasteiger partial charge in [0, 0.05) is 31.6 Å². The summed E-state index contributed by atoms with van der Waals surface area (Å²) in [5, 5.41) is 0. The average Bonchev–Trinajstić information content (AvgIpc) is 3.15. The molecule has 140 valence electrons. The molecular formula is C20H18F3N3O. The van der Waals surface area contributed by atoms with E-state index in [0.717, 1.165) is 22.9 Å². The van der Waals surface area contributed by atoms with Crippen LogP contribution in [-0.4, -0.2) is 22.0 Å². The lowest BCUT2D eigenvalue weighted by Crippen LogP contribution is -2.26. The van der Waals surface area contributed by atoms with Gasteiger partial charge in [0.2, 0.25) is 5.91 Å². The maximum Gasteiger partial charge on any atom is 0.416 e. The number of benzene rings is 2. The number of hydrogen-bond acceptors (Lipinski definition) is 2. The number of halogens is 3. The molecule has 2 aromatic carbocycles. The van der Waals surface area contributed by atoms with Crippen molar-refractivity contribution in [3.8, 4) is 0 Å². The van der Waals surface area contributed by atoms with Gasteiger partial charge in [-0.2, -0.15) is 13.2 Å². The molecule has 1 amide bonds. The van der Waals surface area contributed by atoms with Crippen LogP contribution < -0.4 is 4.90 Å². The van der Waals surface area contributed by atoms with E-state index in [0.29, 0.717) is 12.2 Å². The van der Waals surface area contributed by atoms with Gasteiger partial charge in [0.25, 0.3) is 0 Å². The summed E-state index contributed by atoms with van der Waals surface area (Å²) in [4.78, 5) is 18.7. The molecule has 1 aromatic heterocycles. The van der Waals surface area contributed by atoms with Crippen LogP contribution in [0.15, 0.2) is 42.5 Å². The maximum absolute atomic E-state index is 13.2. The highest BCUT2D eigenvalue weighted by atomic mass is 19.4. The lowest BCUT2D eigenvalue weighted by atomic mass is 10.1. The number of anilines is 1. The van der Waals surface area contributed by atoms with Crippen LogP contribution in [0.25, 0.3) is 11.0 Å². The standard InChI is InChI=1S/C20H18F3N3O/c1-12-14(20(21,22)23)6-5-9-16(12)26-11-13(10-18(26)27)19-24-15-7-3-4-8-17(15)25(19)2/h3-9,13H,10-11H2,1-2H3. The van der Waals surface area contributed by atoms with Gasteiger partial charge in [-0.1, -0.05) is 18.2 Å². The van der Waals surface area contributed by atoms with Crippen molar-refractivity contribution in [2.45, 2.75) is 25.4 Å². The molecule has 2 heterocycles. The molecule has 0 aliphatic carbocycles. The van der Waals surface area contributed by atoms with E-state index in [1.165, 1.54) is 17.9 Å². The van der Waals surface area contributed by atoms with Crippen LogP contribution in [0.4, 0.5) is 18.9 Å². The van der Waals surface area contributed by atoms with E-state index < -0.39 is 11.7 Å². The molecule has 4 nitrogen and oxygen atoms in total. The number of amides is 1. The van der Waals surface area contributed by atoms with Gasteiger partial charge in [0.1, 0.15) is 5.82 Å². The molecule has 0 saturated carbocycles. The zero-order valence-corrected chi connectivity index (χ0v) is 14.9. The number of carbonyl (C=O) groups is 1. The topological polar surface area (TPSA) is 38.1 Å². The zero-order chi connectivity index (χ0) is 19.3. The Kier molecular flexibility index (Phi) is 3.98. The molecule has 0 N–H and O–H groups in total. The number of alkyl halides is 3. The molecule has 0 bridgehead atoms. The van der Waals surface area contributed by atoms with E-state index in [9.17, 15) is 18.0 Å². The second-order valence-electron chi connectivity index (χ2n) is 6.87. The normalized spacial score (nSPS) is 17.9. The van der Waals surface area contributed by atoms with Gasteiger partial charge < -0.3 is 9.47 Å². The van der Waals surface area contributed by atoms with Crippen molar-refractivity contribution >= 4 is 22.6 Å². The monoisotopic (exact) mass is 373 g/mol. The number of rotatable bonds is 2. The highest BCUT2D eigenvalue weighted by molar-refractivity contribution is 5.97. The predicted molar refractivity (Wildman–Crippen MR) is 96.6 cm³/mol. The quantitative estimate of drug-likeness (QED) is 0.667. The molecule has 3 aromatic rings. The van der Waals surface area contributed by atoms with E-state index in [1.54, 1.807) is 6.07 Å². The van der Waals surface area contributed by atoms with Crippen molar-refractivity contribution in [1.82, 2.24) is 9.55 Å². The largest absolute Gasteiger partial charge is 0.416 e.